The Morgan fingerprint density at radius 2 is 1.83 bits per heavy atom. The molecule has 2 rings (SSSR count). The summed E-state index contributed by atoms with van der Waals surface area (Å²) in [4.78, 5) is 0. The molecule has 0 saturated carbocycles. The third-order valence-electron chi connectivity index (χ3n) is 5.28. The van der Waals surface area contributed by atoms with Crippen LogP contribution in [0.2, 0.25) is 18.1 Å². The highest BCUT2D eigenvalue weighted by Crippen LogP contribution is 2.39. The summed E-state index contributed by atoms with van der Waals surface area (Å²) < 4.78 is 18.1. The van der Waals surface area contributed by atoms with E-state index in [2.05, 4.69) is 33.9 Å². The summed E-state index contributed by atoms with van der Waals surface area (Å²) in [5, 5.41) is 10.8. The highest BCUT2D eigenvalue weighted by atomic mass is 28.4. The lowest BCUT2D eigenvalue weighted by Gasteiger charge is -2.44. The number of hydrogen-bond donors (Lipinski definition) is 1. The van der Waals surface area contributed by atoms with Gasteiger partial charge in [0, 0.05) is 5.92 Å². The van der Waals surface area contributed by atoms with Gasteiger partial charge in [-0.05, 0) is 23.7 Å². The van der Waals surface area contributed by atoms with Gasteiger partial charge in [0.1, 0.15) is 0 Å². The quantitative estimate of drug-likeness (QED) is 0.815. The summed E-state index contributed by atoms with van der Waals surface area (Å²) in [6, 6.07) is 10.00. The summed E-state index contributed by atoms with van der Waals surface area (Å²) in [5.74, 6) is -0.128. The van der Waals surface area contributed by atoms with Crippen LogP contribution in [0.1, 0.15) is 33.3 Å². The largest absolute Gasteiger partial charge is 0.409 e. The average molecular weight is 353 g/mol. The van der Waals surface area contributed by atoms with Crippen LogP contribution in [0.25, 0.3) is 0 Å². The Kier molecular flexibility index (Phi) is 6.26. The topological polar surface area (TPSA) is 47.9 Å². The van der Waals surface area contributed by atoms with Crippen LogP contribution in [0.3, 0.4) is 0 Å². The van der Waals surface area contributed by atoms with Crippen LogP contribution in [0, 0.1) is 5.92 Å². The Morgan fingerprint density at radius 3 is 2.42 bits per heavy atom. The fraction of sp³-hybridized carbons (Fsp3) is 0.684. The summed E-state index contributed by atoms with van der Waals surface area (Å²) >= 11 is 0. The zero-order valence-corrected chi connectivity index (χ0v) is 16.8. The molecule has 0 unspecified atom stereocenters. The molecule has 1 heterocycles. The molecule has 0 spiro atoms. The van der Waals surface area contributed by atoms with Crippen molar-refractivity contribution in [2.45, 2.75) is 70.9 Å². The highest BCUT2D eigenvalue weighted by molar-refractivity contribution is 6.74. The van der Waals surface area contributed by atoms with Crippen LogP contribution < -0.4 is 0 Å². The van der Waals surface area contributed by atoms with Crippen molar-refractivity contribution in [3.63, 3.8) is 0 Å². The highest BCUT2D eigenvalue weighted by Gasteiger charge is 2.44. The molecular weight excluding hydrogens is 320 g/mol. The fourth-order valence-electron chi connectivity index (χ4n) is 2.55. The maximum atomic E-state index is 10.7. The van der Waals surface area contributed by atoms with Crippen molar-refractivity contribution < 1.29 is 19.0 Å². The molecule has 4 atom stereocenters. The van der Waals surface area contributed by atoms with Crippen LogP contribution in [0.5, 0.6) is 0 Å². The van der Waals surface area contributed by atoms with Crippen molar-refractivity contribution in [3.05, 3.63) is 35.9 Å². The molecule has 1 aliphatic heterocycles. The first-order valence-corrected chi connectivity index (χ1v) is 11.7. The molecule has 0 amide bonds. The fourth-order valence-corrected chi connectivity index (χ4v) is 3.87. The van der Waals surface area contributed by atoms with Gasteiger partial charge in [0.15, 0.2) is 14.6 Å². The standard InChI is InChI=1S/C19H32O4Si/c1-14-17(20)16(23-24(5,6)19(2,3)4)13-22-18(14)21-12-15-10-8-7-9-11-15/h7-11,14,16-18,20H,12-13H2,1-6H3/t14-,16-,17-,18-/m0/s1. The Bertz CT molecular complexity index is 512. The minimum absolute atomic E-state index is 0.108. The van der Waals surface area contributed by atoms with Gasteiger partial charge in [0.25, 0.3) is 0 Å². The lowest BCUT2D eigenvalue weighted by Crippen LogP contribution is -2.55. The first-order valence-electron chi connectivity index (χ1n) is 8.75. The van der Waals surface area contributed by atoms with Crippen molar-refractivity contribution in [2.24, 2.45) is 5.92 Å². The molecule has 1 aliphatic rings. The molecule has 4 nitrogen and oxygen atoms in total. The van der Waals surface area contributed by atoms with Gasteiger partial charge in [0.05, 0.1) is 25.4 Å². The van der Waals surface area contributed by atoms with Crippen LogP contribution in [0.4, 0.5) is 0 Å². The van der Waals surface area contributed by atoms with E-state index in [-0.39, 0.29) is 17.1 Å². The van der Waals surface area contributed by atoms with E-state index in [9.17, 15) is 5.11 Å². The van der Waals surface area contributed by atoms with Gasteiger partial charge in [-0.3, -0.25) is 0 Å². The molecular formula is C19H32O4Si. The average Bonchev–Trinajstić information content (AvgIpc) is 2.51. The van der Waals surface area contributed by atoms with Gasteiger partial charge in [-0.15, -0.1) is 0 Å². The number of ether oxygens (including phenoxy) is 2. The van der Waals surface area contributed by atoms with E-state index >= 15 is 0 Å². The van der Waals surface area contributed by atoms with E-state index < -0.39 is 20.7 Å². The van der Waals surface area contributed by atoms with E-state index in [0.717, 1.165) is 5.56 Å². The maximum absolute atomic E-state index is 10.7. The lowest BCUT2D eigenvalue weighted by atomic mass is 9.97. The van der Waals surface area contributed by atoms with Gasteiger partial charge in [0.2, 0.25) is 0 Å². The van der Waals surface area contributed by atoms with Crippen molar-refractivity contribution >= 4 is 8.32 Å². The summed E-state index contributed by atoms with van der Waals surface area (Å²) in [7, 11) is -1.94. The summed E-state index contributed by atoms with van der Waals surface area (Å²) in [5.41, 5.74) is 1.10. The van der Waals surface area contributed by atoms with Crippen LogP contribution in [0.15, 0.2) is 30.3 Å². The van der Waals surface area contributed by atoms with Gasteiger partial charge in [-0.2, -0.15) is 0 Å². The van der Waals surface area contributed by atoms with E-state index in [4.69, 9.17) is 13.9 Å². The van der Waals surface area contributed by atoms with Gasteiger partial charge in [-0.1, -0.05) is 58.0 Å². The first-order chi connectivity index (χ1) is 11.1. The number of benzene rings is 1. The van der Waals surface area contributed by atoms with Gasteiger partial charge < -0.3 is 19.0 Å². The molecule has 136 valence electrons. The number of aliphatic hydroxyl groups is 1. The van der Waals surface area contributed by atoms with Crippen LogP contribution in [-0.4, -0.2) is 38.5 Å². The van der Waals surface area contributed by atoms with Crippen molar-refractivity contribution in [1.82, 2.24) is 0 Å². The summed E-state index contributed by atoms with van der Waals surface area (Å²) in [6.07, 6.45) is -1.26. The van der Waals surface area contributed by atoms with Gasteiger partial charge in [-0.25, -0.2) is 0 Å². The minimum Gasteiger partial charge on any atom is -0.409 e. The Balaban J connectivity index is 1.92. The lowest BCUT2D eigenvalue weighted by molar-refractivity contribution is -0.247. The number of aliphatic hydroxyl groups excluding tert-OH is 1. The second kappa shape index (κ2) is 7.66. The predicted octanol–water partition coefficient (Wildman–Crippen LogP) is 3.95. The second-order valence-electron chi connectivity index (χ2n) is 8.26. The molecule has 1 aromatic carbocycles. The van der Waals surface area contributed by atoms with Crippen LogP contribution >= 0.6 is 0 Å². The molecule has 0 bridgehead atoms. The molecule has 0 radical (unpaired) electrons. The second-order valence-corrected chi connectivity index (χ2v) is 13.0. The maximum Gasteiger partial charge on any atom is 0.192 e. The van der Waals surface area contributed by atoms with Crippen molar-refractivity contribution in [3.8, 4) is 0 Å². The summed E-state index contributed by atoms with van der Waals surface area (Å²) in [6.45, 7) is 13.8. The van der Waals surface area contributed by atoms with E-state index in [1.54, 1.807) is 0 Å². The molecule has 1 fully saturated rings. The first kappa shape index (κ1) is 19.6. The molecule has 24 heavy (non-hydrogen) atoms. The van der Waals surface area contributed by atoms with E-state index in [1.165, 1.54) is 0 Å². The Hall–Kier alpha value is -0.723. The third kappa shape index (κ3) is 4.67. The number of hydrogen-bond acceptors (Lipinski definition) is 4. The molecule has 5 heteroatoms. The zero-order chi connectivity index (χ0) is 18.0. The van der Waals surface area contributed by atoms with Gasteiger partial charge >= 0.3 is 0 Å². The Morgan fingerprint density at radius 1 is 1.21 bits per heavy atom. The smallest absolute Gasteiger partial charge is 0.192 e. The third-order valence-corrected chi connectivity index (χ3v) is 9.79. The molecule has 1 aromatic rings. The Labute approximate surface area is 147 Å². The van der Waals surface area contributed by atoms with Crippen LogP contribution in [-0.2, 0) is 20.5 Å². The molecule has 0 aromatic heterocycles. The number of rotatable bonds is 5. The van der Waals surface area contributed by atoms with E-state index in [0.29, 0.717) is 13.2 Å². The molecule has 1 saturated heterocycles. The normalized spacial score (nSPS) is 28.8. The predicted molar refractivity (Wildman–Crippen MR) is 98.2 cm³/mol. The zero-order valence-electron chi connectivity index (χ0n) is 15.8. The van der Waals surface area contributed by atoms with Crippen molar-refractivity contribution in [2.75, 3.05) is 6.61 Å². The molecule has 1 N–H and O–H groups in total. The van der Waals surface area contributed by atoms with E-state index in [1.807, 2.05) is 37.3 Å². The van der Waals surface area contributed by atoms with Crippen molar-refractivity contribution in [1.29, 1.82) is 0 Å². The SMILES string of the molecule is C[C@@H]1[C@@H](OCc2ccccc2)OC[C@H](O[Si](C)(C)C(C)(C)C)[C@H]1O. The molecule has 0 aliphatic carbocycles. The minimum atomic E-state index is -1.94. The monoisotopic (exact) mass is 352 g/mol.